The molecule has 1 aromatic rings. The van der Waals surface area contributed by atoms with Crippen LogP contribution < -0.4 is 4.74 Å². The summed E-state index contributed by atoms with van der Waals surface area (Å²) in [6, 6.07) is 5.53. The Balaban J connectivity index is 2.25. The molecule has 0 aliphatic heterocycles. The SMILES string of the molecule is COc1cc(Cl)ccc1C(=O)N(CCBr)C1CCCCC1. The van der Waals surface area contributed by atoms with E-state index in [2.05, 4.69) is 15.9 Å². The van der Waals surface area contributed by atoms with Crippen molar-refractivity contribution in [2.24, 2.45) is 0 Å². The van der Waals surface area contributed by atoms with Gasteiger partial charge in [0.05, 0.1) is 12.7 Å². The molecule has 5 heteroatoms. The zero-order valence-corrected chi connectivity index (χ0v) is 14.6. The van der Waals surface area contributed by atoms with Crippen LogP contribution in [0.15, 0.2) is 18.2 Å². The minimum Gasteiger partial charge on any atom is -0.496 e. The number of carbonyl (C=O) groups is 1. The van der Waals surface area contributed by atoms with Gasteiger partial charge in [0.15, 0.2) is 0 Å². The molecule has 1 amide bonds. The van der Waals surface area contributed by atoms with Gasteiger partial charge in [-0.2, -0.15) is 0 Å². The lowest BCUT2D eigenvalue weighted by Gasteiger charge is -2.34. The fourth-order valence-electron chi connectivity index (χ4n) is 2.93. The molecule has 1 aliphatic rings. The van der Waals surface area contributed by atoms with Gasteiger partial charge in [-0.05, 0) is 31.0 Å². The maximum atomic E-state index is 12.9. The maximum Gasteiger partial charge on any atom is 0.257 e. The summed E-state index contributed by atoms with van der Waals surface area (Å²) in [5, 5.41) is 1.36. The minimum atomic E-state index is 0.0369. The number of carbonyl (C=O) groups excluding carboxylic acids is 1. The number of methoxy groups -OCH3 is 1. The second-order valence-electron chi connectivity index (χ2n) is 5.32. The van der Waals surface area contributed by atoms with Crippen LogP contribution in [0.4, 0.5) is 0 Å². The molecule has 0 unspecified atom stereocenters. The molecule has 0 bridgehead atoms. The van der Waals surface area contributed by atoms with E-state index in [0.29, 0.717) is 22.4 Å². The highest BCUT2D eigenvalue weighted by molar-refractivity contribution is 9.09. The first-order valence-electron chi connectivity index (χ1n) is 7.38. The number of halogens is 2. The van der Waals surface area contributed by atoms with Crippen LogP contribution in [-0.4, -0.2) is 35.8 Å². The second kappa shape index (κ2) is 8.04. The van der Waals surface area contributed by atoms with Crippen molar-refractivity contribution in [2.45, 2.75) is 38.1 Å². The van der Waals surface area contributed by atoms with Crippen molar-refractivity contribution in [3.63, 3.8) is 0 Å². The number of hydrogen-bond donors (Lipinski definition) is 0. The van der Waals surface area contributed by atoms with E-state index in [0.717, 1.165) is 24.7 Å². The van der Waals surface area contributed by atoms with Crippen LogP contribution in [0.5, 0.6) is 5.75 Å². The summed E-state index contributed by atoms with van der Waals surface area (Å²) in [5.74, 6) is 0.581. The smallest absolute Gasteiger partial charge is 0.257 e. The van der Waals surface area contributed by atoms with Crippen LogP contribution in [0.1, 0.15) is 42.5 Å². The maximum absolute atomic E-state index is 12.9. The van der Waals surface area contributed by atoms with Crippen LogP contribution in [-0.2, 0) is 0 Å². The first-order valence-corrected chi connectivity index (χ1v) is 8.87. The van der Waals surface area contributed by atoms with E-state index in [-0.39, 0.29) is 5.91 Å². The van der Waals surface area contributed by atoms with Crippen molar-refractivity contribution < 1.29 is 9.53 Å². The molecule has 0 N–H and O–H groups in total. The summed E-state index contributed by atoms with van der Waals surface area (Å²) < 4.78 is 5.32. The molecule has 0 spiro atoms. The monoisotopic (exact) mass is 373 g/mol. The molecule has 1 aliphatic carbocycles. The van der Waals surface area contributed by atoms with Crippen LogP contribution in [0, 0.1) is 0 Å². The van der Waals surface area contributed by atoms with Gasteiger partial charge in [0, 0.05) is 22.9 Å². The van der Waals surface area contributed by atoms with Gasteiger partial charge in [-0.1, -0.05) is 46.8 Å². The molecule has 21 heavy (non-hydrogen) atoms. The fourth-order valence-corrected chi connectivity index (χ4v) is 3.47. The highest BCUT2D eigenvalue weighted by Crippen LogP contribution is 2.28. The minimum absolute atomic E-state index is 0.0369. The van der Waals surface area contributed by atoms with Crippen molar-refractivity contribution in [3.8, 4) is 5.75 Å². The summed E-state index contributed by atoms with van der Waals surface area (Å²) in [5.41, 5.74) is 0.591. The molecular formula is C16H21BrClNO2. The van der Waals surface area contributed by atoms with Gasteiger partial charge in [0.2, 0.25) is 0 Å². The largest absolute Gasteiger partial charge is 0.496 e. The molecule has 1 saturated carbocycles. The Bertz CT molecular complexity index is 489. The molecule has 0 heterocycles. The van der Waals surface area contributed by atoms with E-state index in [1.165, 1.54) is 19.3 Å². The predicted octanol–water partition coefficient (Wildman–Crippen LogP) is 4.52. The van der Waals surface area contributed by atoms with Crippen molar-refractivity contribution in [2.75, 3.05) is 19.0 Å². The summed E-state index contributed by atoms with van der Waals surface area (Å²) in [7, 11) is 1.57. The average molecular weight is 375 g/mol. The molecule has 0 aromatic heterocycles. The van der Waals surface area contributed by atoms with Gasteiger partial charge in [-0.25, -0.2) is 0 Å². The molecule has 3 nitrogen and oxygen atoms in total. The van der Waals surface area contributed by atoms with Crippen molar-refractivity contribution >= 4 is 33.4 Å². The first kappa shape index (κ1) is 16.6. The molecule has 2 rings (SSSR count). The van der Waals surface area contributed by atoms with Gasteiger partial charge < -0.3 is 9.64 Å². The number of amides is 1. The lowest BCUT2D eigenvalue weighted by molar-refractivity contribution is 0.0648. The van der Waals surface area contributed by atoms with Crippen LogP contribution in [0.2, 0.25) is 5.02 Å². The molecule has 1 fully saturated rings. The van der Waals surface area contributed by atoms with Crippen molar-refractivity contribution in [1.29, 1.82) is 0 Å². The van der Waals surface area contributed by atoms with Gasteiger partial charge in [-0.3, -0.25) is 4.79 Å². The predicted molar refractivity (Wildman–Crippen MR) is 89.7 cm³/mol. The molecule has 116 valence electrons. The zero-order valence-electron chi connectivity index (χ0n) is 12.3. The number of alkyl halides is 1. The molecular weight excluding hydrogens is 354 g/mol. The van der Waals surface area contributed by atoms with Crippen LogP contribution in [0.3, 0.4) is 0 Å². The van der Waals surface area contributed by atoms with Crippen LogP contribution >= 0.6 is 27.5 Å². The standard InChI is InChI=1S/C16H21BrClNO2/c1-21-15-11-12(18)7-8-14(15)16(20)19(10-9-17)13-5-3-2-4-6-13/h7-8,11,13H,2-6,9-10H2,1H3. The molecule has 0 saturated heterocycles. The molecule has 0 radical (unpaired) electrons. The number of rotatable bonds is 5. The van der Waals surface area contributed by atoms with E-state index in [4.69, 9.17) is 16.3 Å². The van der Waals surface area contributed by atoms with Gasteiger partial charge in [0.1, 0.15) is 5.75 Å². The summed E-state index contributed by atoms with van der Waals surface area (Å²) in [6.45, 7) is 0.718. The van der Waals surface area contributed by atoms with Gasteiger partial charge in [0.25, 0.3) is 5.91 Å². The highest BCUT2D eigenvalue weighted by atomic mass is 79.9. The quantitative estimate of drug-likeness (QED) is 0.709. The lowest BCUT2D eigenvalue weighted by Crippen LogP contribution is -2.42. The third kappa shape index (κ3) is 4.13. The van der Waals surface area contributed by atoms with E-state index in [1.54, 1.807) is 25.3 Å². The van der Waals surface area contributed by atoms with E-state index in [1.807, 2.05) is 4.90 Å². The lowest BCUT2D eigenvalue weighted by atomic mass is 9.93. The Morgan fingerprint density at radius 2 is 2.10 bits per heavy atom. The topological polar surface area (TPSA) is 29.5 Å². The number of ether oxygens (including phenoxy) is 1. The fraction of sp³-hybridized carbons (Fsp3) is 0.562. The van der Waals surface area contributed by atoms with E-state index in [9.17, 15) is 4.79 Å². The molecule has 1 aromatic carbocycles. The summed E-state index contributed by atoms with van der Waals surface area (Å²) in [6.07, 6.45) is 5.86. The number of nitrogens with zero attached hydrogens (tertiary/aromatic N) is 1. The van der Waals surface area contributed by atoms with Crippen LogP contribution in [0.25, 0.3) is 0 Å². The summed E-state index contributed by atoms with van der Waals surface area (Å²) >= 11 is 9.44. The highest BCUT2D eigenvalue weighted by Gasteiger charge is 2.27. The average Bonchev–Trinajstić information content (AvgIpc) is 2.52. The normalized spacial score (nSPS) is 15.8. The zero-order chi connectivity index (χ0) is 15.2. The third-order valence-electron chi connectivity index (χ3n) is 4.00. The first-order chi connectivity index (χ1) is 10.2. The Morgan fingerprint density at radius 1 is 1.38 bits per heavy atom. The number of hydrogen-bond acceptors (Lipinski definition) is 2. The Hall–Kier alpha value is -0.740. The van der Waals surface area contributed by atoms with E-state index >= 15 is 0 Å². The second-order valence-corrected chi connectivity index (χ2v) is 6.55. The van der Waals surface area contributed by atoms with Crippen molar-refractivity contribution in [3.05, 3.63) is 28.8 Å². The Morgan fingerprint density at radius 3 is 2.71 bits per heavy atom. The molecule has 0 atom stereocenters. The Labute approximate surface area is 139 Å². The van der Waals surface area contributed by atoms with Gasteiger partial charge >= 0.3 is 0 Å². The Kier molecular flexibility index (Phi) is 6.37. The number of benzene rings is 1. The summed E-state index contributed by atoms with van der Waals surface area (Å²) in [4.78, 5) is 14.9. The van der Waals surface area contributed by atoms with E-state index < -0.39 is 0 Å². The van der Waals surface area contributed by atoms with Gasteiger partial charge in [-0.15, -0.1) is 0 Å². The van der Waals surface area contributed by atoms with Crippen molar-refractivity contribution in [1.82, 2.24) is 4.90 Å². The third-order valence-corrected chi connectivity index (χ3v) is 4.59.